The van der Waals surface area contributed by atoms with E-state index in [1.165, 1.54) is 17.2 Å². The first-order valence-electron chi connectivity index (χ1n) is 11.0. The van der Waals surface area contributed by atoms with Gasteiger partial charge < -0.3 is 29.7 Å². The molecule has 0 bridgehead atoms. The third kappa shape index (κ3) is 4.81. The summed E-state index contributed by atoms with van der Waals surface area (Å²) in [4.78, 5) is 25.8. The number of benzene rings is 1. The second-order valence-electron chi connectivity index (χ2n) is 7.75. The van der Waals surface area contributed by atoms with Crippen LogP contribution in [0, 0.1) is 5.92 Å². The summed E-state index contributed by atoms with van der Waals surface area (Å²) in [5, 5.41) is 22.1. The molecule has 0 aliphatic carbocycles. The molecule has 3 aromatic rings. The van der Waals surface area contributed by atoms with Gasteiger partial charge in [0.15, 0.2) is 31.9 Å². The predicted molar refractivity (Wildman–Crippen MR) is 125 cm³/mol. The summed E-state index contributed by atoms with van der Waals surface area (Å²) in [6.07, 6.45) is -1.66. The molecule has 34 heavy (non-hydrogen) atoms. The lowest BCUT2D eigenvalue weighted by Crippen LogP contribution is -2.36. The molecule has 2 aromatic heterocycles. The first-order chi connectivity index (χ1) is 16.5. The second-order valence-corrected chi connectivity index (χ2v) is 9.30. The quantitative estimate of drug-likeness (QED) is 0.360. The van der Waals surface area contributed by atoms with Crippen LogP contribution in [0.1, 0.15) is 31.7 Å². The number of carbonyl (C=O) groups is 1. The van der Waals surface area contributed by atoms with Gasteiger partial charge in [-0.3, -0.25) is 9.36 Å². The van der Waals surface area contributed by atoms with Crippen LogP contribution in [-0.4, -0.2) is 67.1 Å². The molecule has 11 nitrogen and oxygen atoms in total. The first-order valence-corrected chi connectivity index (χ1v) is 12.4. The zero-order valence-corrected chi connectivity index (χ0v) is 19.8. The minimum Gasteiger partial charge on any atom is -0.388 e. The molecule has 0 saturated carbocycles. The van der Waals surface area contributed by atoms with Crippen molar-refractivity contribution >= 4 is 31.1 Å². The minimum atomic E-state index is -1.41. The molecule has 4 N–H and O–H groups in total. The minimum absolute atomic E-state index is 0.191. The maximum atomic E-state index is 13.4. The number of fused-ring (bicyclic) bond motifs is 1. The van der Waals surface area contributed by atoms with Crippen LogP contribution in [0.3, 0.4) is 0 Å². The fourth-order valence-corrected chi connectivity index (χ4v) is 5.66. The largest absolute Gasteiger partial charge is 0.388 e. The van der Waals surface area contributed by atoms with Crippen molar-refractivity contribution in [1.82, 2.24) is 19.5 Å². The number of aliphatic hydroxyl groups excluding tert-OH is 2. The Kier molecular flexibility index (Phi) is 7.82. The van der Waals surface area contributed by atoms with E-state index in [1.807, 2.05) is 13.8 Å². The van der Waals surface area contributed by atoms with Crippen LogP contribution in [0.5, 0.6) is 0 Å². The van der Waals surface area contributed by atoms with Gasteiger partial charge in [-0.2, -0.15) is 0 Å². The summed E-state index contributed by atoms with van der Waals surface area (Å²) in [7, 11) is -1.38. The lowest BCUT2D eigenvalue weighted by molar-refractivity contribution is -0.142. The Balaban J connectivity index is 1.68. The van der Waals surface area contributed by atoms with Crippen LogP contribution in [0.25, 0.3) is 11.2 Å². The molecule has 1 aliphatic rings. The number of ether oxygens (including phenoxy) is 1. The van der Waals surface area contributed by atoms with Crippen LogP contribution in [0.15, 0.2) is 43.0 Å². The van der Waals surface area contributed by atoms with E-state index in [2.05, 4.69) is 15.0 Å². The van der Waals surface area contributed by atoms with Gasteiger partial charge >= 0.3 is 0 Å². The van der Waals surface area contributed by atoms with Crippen molar-refractivity contribution in [2.75, 3.05) is 25.1 Å². The van der Waals surface area contributed by atoms with E-state index in [4.69, 9.17) is 19.5 Å². The molecule has 3 heterocycles. The number of imidazole rings is 1. The topological polar surface area (TPSA) is 155 Å². The number of nitrogens with zero attached hydrogens (tertiary/aromatic N) is 4. The summed E-state index contributed by atoms with van der Waals surface area (Å²) in [6, 6.07) is 8.60. The van der Waals surface area contributed by atoms with Crippen molar-refractivity contribution in [1.29, 1.82) is 0 Å². The van der Waals surface area contributed by atoms with E-state index in [-0.39, 0.29) is 12.0 Å². The van der Waals surface area contributed by atoms with Gasteiger partial charge in [0.05, 0.1) is 19.5 Å². The highest BCUT2D eigenvalue weighted by Crippen LogP contribution is 2.47. The summed E-state index contributed by atoms with van der Waals surface area (Å²) in [5.41, 5.74) is 7.06. The number of ketones is 1. The zero-order valence-electron chi connectivity index (χ0n) is 18.9. The third-order valence-electron chi connectivity index (χ3n) is 5.64. The molecule has 182 valence electrons. The van der Waals surface area contributed by atoms with Gasteiger partial charge in [-0.05, 0) is 19.4 Å². The molecule has 1 aromatic carbocycles. The van der Waals surface area contributed by atoms with Crippen LogP contribution >= 0.6 is 8.38 Å². The number of rotatable bonds is 10. The SMILES string of the molecule is CCOP(C[C@H]1[C@@H](O)[C@H](n2cnc3c(N)ncnc32)O[C@@H]1C(=O)C(O)c1ccccc1)OCC. The Morgan fingerprint density at radius 2 is 1.91 bits per heavy atom. The van der Waals surface area contributed by atoms with Crippen LogP contribution < -0.4 is 5.73 Å². The number of hydrogen-bond acceptors (Lipinski definition) is 10. The van der Waals surface area contributed by atoms with E-state index in [0.29, 0.717) is 29.9 Å². The van der Waals surface area contributed by atoms with Crippen molar-refractivity contribution in [2.45, 2.75) is 38.4 Å². The van der Waals surface area contributed by atoms with E-state index in [9.17, 15) is 15.0 Å². The average molecular weight is 489 g/mol. The molecular formula is C22H28N5O6P. The molecular weight excluding hydrogens is 461 g/mol. The molecule has 0 amide bonds. The molecule has 0 radical (unpaired) electrons. The molecule has 12 heteroatoms. The van der Waals surface area contributed by atoms with Gasteiger partial charge in [0, 0.05) is 12.1 Å². The molecule has 1 fully saturated rings. The number of nitrogen functional groups attached to an aromatic ring is 1. The number of hydrogen-bond donors (Lipinski definition) is 3. The van der Waals surface area contributed by atoms with E-state index >= 15 is 0 Å². The van der Waals surface area contributed by atoms with Gasteiger partial charge in [-0.1, -0.05) is 30.3 Å². The van der Waals surface area contributed by atoms with Crippen molar-refractivity contribution in [3.05, 3.63) is 48.5 Å². The number of aromatic nitrogens is 4. The zero-order chi connectivity index (χ0) is 24.2. The summed E-state index contributed by atoms with van der Waals surface area (Å²) in [6.45, 7) is 4.54. The predicted octanol–water partition coefficient (Wildman–Crippen LogP) is 1.97. The lowest BCUT2D eigenvalue weighted by atomic mass is 9.92. The Morgan fingerprint density at radius 1 is 1.21 bits per heavy atom. The Labute approximate surface area is 197 Å². The summed E-state index contributed by atoms with van der Waals surface area (Å²) >= 11 is 0. The Morgan fingerprint density at radius 3 is 2.59 bits per heavy atom. The monoisotopic (exact) mass is 489 g/mol. The number of Topliss-reactive ketones (excluding diaryl/α,β-unsaturated/α-hetero) is 1. The Bertz CT molecular complexity index is 1110. The normalized spacial score (nSPS) is 23.6. The molecule has 1 saturated heterocycles. The van der Waals surface area contributed by atoms with Crippen molar-refractivity contribution in [2.24, 2.45) is 5.92 Å². The van der Waals surface area contributed by atoms with Crippen LogP contribution in [-0.2, 0) is 18.6 Å². The molecule has 0 spiro atoms. The number of nitrogens with two attached hydrogens (primary N) is 1. The highest BCUT2D eigenvalue weighted by molar-refractivity contribution is 7.47. The lowest BCUT2D eigenvalue weighted by Gasteiger charge is -2.25. The van der Waals surface area contributed by atoms with Crippen LogP contribution in [0.2, 0.25) is 0 Å². The maximum absolute atomic E-state index is 13.4. The molecule has 1 aliphatic heterocycles. The maximum Gasteiger partial charge on any atom is 0.194 e. The van der Waals surface area contributed by atoms with Crippen molar-refractivity contribution in [3.8, 4) is 0 Å². The second kappa shape index (κ2) is 10.8. The van der Waals surface area contributed by atoms with E-state index < -0.39 is 44.6 Å². The fraction of sp³-hybridized carbons (Fsp3) is 0.455. The van der Waals surface area contributed by atoms with Gasteiger partial charge in [0.2, 0.25) is 0 Å². The van der Waals surface area contributed by atoms with Crippen LogP contribution in [0.4, 0.5) is 5.82 Å². The van der Waals surface area contributed by atoms with E-state index in [1.54, 1.807) is 30.3 Å². The fourth-order valence-electron chi connectivity index (χ4n) is 4.05. The van der Waals surface area contributed by atoms with Gasteiger partial charge in [-0.25, -0.2) is 15.0 Å². The highest BCUT2D eigenvalue weighted by Gasteiger charge is 2.50. The molecule has 4 rings (SSSR count). The smallest absolute Gasteiger partial charge is 0.194 e. The Hall–Kier alpha value is -2.53. The van der Waals surface area contributed by atoms with Gasteiger partial charge in [-0.15, -0.1) is 0 Å². The average Bonchev–Trinajstić information content (AvgIpc) is 3.41. The summed E-state index contributed by atoms with van der Waals surface area (Å²) in [5.74, 6) is -1.06. The van der Waals surface area contributed by atoms with Crippen molar-refractivity contribution < 1.29 is 28.8 Å². The third-order valence-corrected chi connectivity index (χ3v) is 7.45. The standard InChI is InChI=1S/C22H28N5O6P/c1-3-31-34(32-4-2)10-14-17(29)22(27-12-26-15-20(23)24-11-25-21(15)27)33-19(14)18(30)16(28)13-8-6-5-7-9-13/h5-9,11-12,14,16-17,19,22,28-29H,3-4,10H2,1-2H3,(H2,23,24,25)/t14-,16?,17+,19-,22+/m0/s1. The molecule has 5 atom stereocenters. The van der Waals surface area contributed by atoms with Gasteiger partial charge in [0.1, 0.15) is 30.2 Å². The van der Waals surface area contributed by atoms with Gasteiger partial charge in [0.25, 0.3) is 0 Å². The summed E-state index contributed by atoms with van der Waals surface area (Å²) < 4.78 is 19.1. The highest BCUT2D eigenvalue weighted by atomic mass is 31.2. The number of carbonyl (C=O) groups excluding carboxylic acids is 1. The first kappa shape index (κ1) is 24.6. The number of aliphatic hydroxyl groups is 2. The number of anilines is 1. The van der Waals surface area contributed by atoms with E-state index in [0.717, 1.165) is 0 Å². The molecule has 1 unspecified atom stereocenters. The van der Waals surface area contributed by atoms with Crippen molar-refractivity contribution in [3.63, 3.8) is 0 Å².